The van der Waals surface area contributed by atoms with Gasteiger partial charge < -0.3 is 8.97 Å². The molecule has 2 heteroatoms. The fourth-order valence-electron chi connectivity index (χ4n) is 10.7. The van der Waals surface area contributed by atoms with Gasteiger partial charge in [-0.1, -0.05) is 170 Å². The van der Waals surface area contributed by atoms with Crippen LogP contribution in [0.5, 0.6) is 0 Å². The second kappa shape index (κ2) is 13.5. The molecule has 0 fully saturated rings. The van der Waals surface area contributed by atoms with Gasteiger partial charge in [0.2, 0.25) is 0 Å². The van der Waals surface area contributed by atoms with E-state index in [1.807, 2.05) is 0 Å². The summed E-state index contributed by atoms with van der Waals surface area (Å²) in [6.07, 6.45) is 0. The summed E-state index contributed by atoms with van der Waals surface area (Å²) in [5.41, 5.74) is 17.1. The molecule has 0 aliphatic rings. The monoisotopic (exact) mass is 810 g/mol. The van der Waals surface area contributed by atoms with Crippen molar-refractivity contribution >= 4 is 81.4 Å². The van der Waals surface area contributed by atoms with E-state index in [4.69, 9.17) is 0 Å². The standard InChI is InChI=1S/C62H38N2/c1-4-12-39(13-5-1)41-20-24-43(25-21-41)45-28-30-47-34-53-55-38-54-52-18-10-11-19-57(52)63(51-16-8-3-9-17-51)61(54)60-56-35-48-31-29-46(44-26-22-42(23-27-44)40-14-6-2-7-15-40)33-50(48)37-59(56)64(62(55)60)58(53)36-49(47)32-45/h1-38H. The molecule has 0 bridgehead atoms. The summed E-state index contributed by atoms with van der Waals surface area (Å²) in [6, 6.07) is 85.2. The van der Waals surface area contributed by atoms with E-state index in [1.165, 1.54) is 132 Å². The molecular weight excluding hydrogens is 773 g/mol. The summed E-state index contributed by atoms with van der Waals surface area (Å²) >= 11 is 0. The Morgan fingerprint density at radius 2 is 0.672 bits per heavy atom. The van der Waals surface area contributed by atoms with E-state index in [2.05, 4.69) is 239 Å². The smallest absolute Gasteiger partial charge is 0.0642 e. The normalized spacial score (nSPS) is 12.1. The molecule has 3 heterocycles. The van der Waals surface area contributed by atoms with Crippen molar-refractivity contribution in [1.82, 2.24) is 8.97 Å². The van der Waals surface area contributed by atoms with Crippen molar-refractivity contribution in [3.63, 3.8) is 0 Å². The molecule has 14 rings (SSSR count). The van der Waals surface area contributed by atoms with E-state index in [9.17, 15) is 0 Å². The van der Waals surface area contributed by atoms with Gasteiger partial charge in [0.25, 0.3) is 0 Å². The molecule has 0 amide bonds. The quantitative estimate of drug-likeness (QED) is 0.164. The molecule has 0 atom stereocenters. The van der Waals surface area contributed by atoms with Crippen LogP contribution < -0.4 is 0 Å². The number of hydrogen-bond donors (Lipinski definition) is 0. The maximum absolute atomic E-state index is 2.57. The van der Waals surface area contributed by atoms with Crippen LogP contribution >= 0.6 is 0 Å². The Balaban J connectivity index is 1.03. The van der Waals surface area contributed by atoms with E-state index in [1.54, 1.807) is 0 Å². The molecule has 0 unspecified atom stereocenters. The fraction of sp³-hybridized carbons (Fsp3) is 0. The molecule has 0 radical (unpaired) electrons. The Morgan fingerprint density at radius 1 is 0.234 bits per heavy atom. The lowest BCUT2D eigenvalue weighted by atomic mass is 9.96. The third kappa shape index (κ3) is 5.20. The molecule has 14 aromatic rings. The van der Waals surface area contributed by atoms with Gasteiger partial charge in [-0.15, -0.1) is 0 Å². The van der Waals surface area contributed by atoms with Gasteiger partial charge in [0.15, 0.2) is 0 Å². The molecule has 2 nitrogen and oxygen atoms in total. The van der Waals surface area contributed by atoms with Crippen molar-refractivity contribution in [2.45, 2.75) is 0 Å². The highest BCUT2D eigenvalue weighted by Gasteiger charge is 2.25. The van der Waals surface area contributed by atoms with Gasteiger partial charge in [-0.3, -0.25) is 0 Å². The van der Waals surface area contributed by atoms with Crippen LogP contribution in [0.4, 0.5) is 0 Å². The highest BCUT2D eigenvalue weighted by molar-refractivity contribution is 6.35. The number of hydrogen-bond acceptors (Lipinski definition) is 0. The van der Waals surface area contributed by atoms with Crippen molar-refractivity contribution < 1.29 is 0 Å². The summed E-state index contributed by atoms with van der Waals surface area (Å²) in [7, 11) is 0. The lowest BCUT2D eigenvalue weighted by Crippen LogP contribution is -1.93. The molecule has 0 saturated heterocycles. The molecule has 0 N–H and O–H groups in total. The van der Waals surface area contributed by atoms with Gasteiger partial charge in [-0.25, -0.2) is 0 Å². The van der Waals surface area contributed by atoms with Gasteiger partial charge in [0.1, 0.15) is 0 Å². The number of fused-ring (bicyclic) bond motifs is 12. The zero-order valence-electron chi connectivity index (χ0n) is 34.8. The van der Waals surface area contributed by atoms with Gasteiger partial charge in [-0.05, 0) is 127 Å². The van der Waals surface area contributed by atoms with Crippen molar-refractivity contribution in [3.05, 3.63) is 231 Å². The topological polar surface area (TPSA) is 9.34 Å². The molecular formula is C62H38N2. The van der Waals surface area contributed by atoms with Crippen molar-refractivity contribution in [3.8, 4) is 50.2 Å². The fourth-order valence-corrected chi connectivity index (χ4v) is 10.7. The summed E-state index contributed by atoms with van der Waals surface area (Å²) < 4.78 is 5.07. The predicted octanol–water partition coefficient (Wildman–Crippen LogP) is 16.9. The highest BCUT2D eigenvalue weighted by Crippen LogP contribution is 2.48. The van der Waals surface area contributed by atoms with Gasteiger partial charge in [-0.2, -0.15) is 0 Å². The zero-order chi connectivity index (χ0) is 41.9. The first-order chi connectivity index (χ1) is 31.7. The summed E-state index contributed by atoms with van der Waals surface area (Å²) in [6.45, 7) is 0. The lowest BCUT2D eigenvalue weighted by molar-refractivity contribution is 1.19. The Kier molecular flexibility index (Phi) is 7.43. The maximum atomic E-state index is 2.57. The average molecular weight is 811 g/mol. The minimum atomic E-state index is 1.17. The van der Waals surface area contributed by atoms with Crippen LogP contribution in [0.15, 0.2) is 231 Å². The van der Waals surface area contributed by atoms with Gasteiger partial charge in [0.05, 0.1) is 27.6 Å². The second-order valence-electron chi connectivity index (χ2n) is 17.3. The lowest BCUT2D eigenvalue weighted by Gasteiger charge is -2.10. The number of para-hydroxylation sites is 2. The number of aromatic nitrogens is 2. The maximum Gasteiger partial charge on any atom is 0.0642 e. The van der Waals surface area contributed by atoms with Crippen LogP contribution in [0.3, 0.4) is 0 Å². The molecule has 0 aliphatic carbocycles. The van der Waals surface area contributed by atoms with Crippen LogP contribution in [0.2, 0.25) is 0 Å². The molecule has 3 aromatic heterocycles. The third-order valence-electron chi connectivity index (χ3n) is 13.8. The van der Waals surface area contributed by atoms with Crippen LogP contribution in [0, 0.1) is 0 Å². The van der Waals surface area contributed by atoms with Crippen LogP contribution in [-0.4, -0.2) is 8.97 Å². The minimum Gasteiger partial charge on any atom is -0.309 e. The van der Waals surface area contributed by atoms with E-state index < -0.39 is 0 Å². The largest absolute Gasteiger partial charge is 0.309 e. The summed E-state index contributed by atoms with van der Waals surface area (Å²) in [5, 5.41) is 12.6. The Bertz CT molecular complexity index is 4120. The third-order valence-corrected chi connectivity index (χ3v) is 13.8. The highest BCUT2D eigenvalue weighted by atomic mass is 15.0. The van der Waals surface area contributed by atoms with E-state index in [0.29, 0.717) is 0 Å². The number of benzene rings is 11. The number of rotatable bonds is 5. The van der Waals surface area contributed by atoms with E-state index in [-0.39, 0.29) is 0 Å². The van der Waals surface area contributed by atoms with E-state index in [0.717, 1.165) is 0 Å². The predicted molar refractivity (Wildman–Crippen MR) is 272 cm³/mol. The first-order valence-corrected chi connectivity index (χ1v) is 22.2. The first kappa shape index (κ1) is 35.2. The Hall–Kier alpha value is -8.46. The van der Waals surface area contributed by atoms with Gasteiger partial charge >= 0.3 is 0 Å². The van der Waals surface area contributed by atoms with Crippen LogP contribution in [0.25, 0.3) is 132 Å². The van der Waals surface area contributed by atoms with Gasteiger partial charge in [0, 0.05) is 38.0 Å². The van der Waals surface area contributed by atoms with E-state index >= 15 is 0 Å². The molecule has 0 aliphatic heterocycles. The summed E-state index contributed by atoms with van der Waals surface area (Å²) in [5.74, 6) is 0. The SMILES string of the molecule is c1ccc(-c2ccc(-c3ccc4cc5c6cc7c8ccccc8n(-c8ccccc8)c7c7c8cc9ccc(-c%10ccc(-c%11ccccc%11)cc%10)cc9cc8n(c5cc4c3)c67)cc2)cc1. The zero-order valence-corrected chi connectivity index (χ0v) is 34.8. The Labute approximate surface area is 369 Å². The average Bonchev–Trinajstić information content (AvgIpc) is 3.99. The van der Waals surface area contributed by atoms with Crippen molar-refractivity contribution in [1.29, 1.82) is 0 Å². The van der Waals surface area contributed by atoms with Crippen LogP contribution in [0.1, 0.15) is 0 Å². The first-order valence-electron chi connectivity index (χ1n) is 22.2. The molecule has 296 valence electrons. The minimum absolute atomic E-state index is 1.17. The van der Waals surface area contributed by atoms with Crippen molar-refractivity contribution in [2.75, 3.05) is 0 Å². The molecule has 64 heavy (non-hydrogen) atoms. The molecule has 11 aromatic carbocycles. The van der Waals surface area contributed by atoms with Crippen molar-refractivity contribution in [2.24, 2.45) is 0 Å². The summed E-state index contributed by atoms with van der Waals surface area (Å²) in [4.78, 5) is 0. The number of nitrogens with zero attached hydrogens (tertiary/aromatic N) is 2. The Morgan fingerprint density at radius 3 is 1.25 bits per heavy atom. The van der Waals surface area contributed by atoms with Crippen LogP contribution in [-0.2, 0) is 0 Å². The second-order valence-corrected chi connectivity index (χ2v) is 17.3. The molecule has 0 spiro atoms. The molecule has 0 saturated carbocycles.